The molecule has 0 saturated carbocycles. The summed E-state index contributed by atoms with van der Waals surface area (Å²) in [4.78, 5) is 13.9. The number of rotatable bonds is 5. The number of methoxy groups -OCH3 is 1. The van der Waals surface area contributed by atoms with Gasteiger partial charge in [-0.1, -0.05) is 6.07 Å². The van der Waals surface area contributed by atoms with E-state index in [1.165, 1.54) is 23.8 Å². The Morgan fingerprint density at radius 2 is 2.15 bits per heavy atom. The predicted octanol–water partition coefficient (Wildman–Crippen LogP) is -1.07. The zero-order valence-corrected chi connectivity index (χ0v) is 11.4. The minimum atomic E-state index is -4.02. The molecular weight excluding hydrogens is 286 g/mol. The molecule has 0 bridgehead atoms. The molecule has 0 aliphatic rings. The lowest BCUT2D eigenvalue weighted by atomic mass is 10.3. The summed E-state index contributed by atoms with van der Waals surface area (Å²) < 4.78 is 29.1. The molecule has 0 atom stereocenters. The number of nitrogens with one attached hydrogen (secondary N) is 1. The smallest absolute Gasteiger partial charge is 0.273 e. The molecular formula is C10H13N5O4S. The van der Waals surface area contributed by atoms with E-state index in [0.717, 1.165) is 0 Å². The molecule has 20 heavy (non-hydrogen) atoms. The molecule has 108 valence electrons. The Morgan fingerprint density at radius 1 is 1.40 bits per heavy atom. The number of pyridine rings is 1. The van der Waals surface area contributed by atoms with Gasteiger partial charge in [-0.25, -0.2) is 13.6 Å². The van der Waals surface area contributed by atoms with Crippen molar-refractivity contribution in [2.24, 2.45) is 5.14 Å². The van der Waals surface area contributed by atoms with Crippen molar-refractivity contribution < 1.29 is 13.2 Å². The quantitative estimate of drug-likeness (QED) is 0.722. The van der Waals surface area contributed by atoms with Crippen molar-refractivity contribution in [3.63, 3.8) is 0 Å². The highest BCUT2D eigenvalue weighted by Gasteiger charge is 2.22. The number of nitrogens with zero attached hydrogens (tertiary/aromatic N) is 3. The predicted molar refractivity (Wildman–Crippen MR) is 69.3 cm³/mol. The topological polar surface area (TPSA) is 133 Å². The van der Waals surface area contributed by atoms with E-state index in [9.17, 15) is 13.2 Å². The van der Waals surface area contributed by atoms with E-state index in [-0.39, 0.29) is 29.7 Å². The lowest BCUT2D eigenvalue weighted by Crippen LogP contribution is -2.20. The van der Waals surface area contributed by atoms with Gasteiger partial charge in [-0.2, -0.15) is 0 Å². The van der Waals surface area contributed by atoms with Gasteiger partial charge in [0.15, 0.2) is 5.82 Å². The first-order valence-corrected chi connectivity index (χ1v) is 7.13. The fraction of sp³-hybridized carbons (Fsp3) is 0.300. The molecule has 0 fully saturated rings. The second-order valence-electron chi connectivity index (χ2n) is 3.92. The monoisotopic (exact) mass is 299 g/mol. The van der Waals surface area contributed by atoms with Gasteiger partial charge in [-0.05, 0) is 6.07 Å². The van der Waals surface area contributed by atoms with Crippen LogP contribution in [0.25, 0.3) is 11.5 Å². The standard InChI is InChI=1S/C10H13N5O4S/c1-19-6-5-15-9(7-3-2-4-8(16)12-7)13-14-10(15)20(11,17)18/h2-4H,5-6H2,1H3,(H,12,16)(H2,11,17,18). The minimum Gasteiger partial charge on any atom is -0.383 e. The maximum absolute atomic E-state index is 11.5. The fourth-order valence-electron chi connectivity index (χ4n) is 1.66. The second-order valence-corrected chi connectivity index (χ2v) is 5.38. The minimum absolute atomic E-state index is 0.182. The van der Waals surface area contributed by atoms with Crippen LogP contribution in [0.1, 0.15) is 0 Å². The first kappa shape index (κ1) is 14.4. The average Bonchev–Trinajstić information content (AvgIpc) is 2.79. The Hall–Kier alpha value is -2.04. The summed E-state index contributed by atoms with van der Waals surface area (Å²) >= 11 is 0. The van der Waals surface area contributed by atoms with Crippen LogP contribution in [0.4, 0.5) is 0 Å². The molecule has 2 heterocycles. The van der Waals surface area contributed by atoms with E-state index in [1.54, 1.807) is 6.07 Å². The molecule has 0 aliphatic carbocycles. The molecule has 10 heteroatoms. The van der Waals surface area contributed by atoms with Crippen molar-refractivity contribution in [2.75, 3.05) is 13.7 Å². The van der Waals surface area contributed by atoms with Crippen molar-refractivity contribution in [3.8, 4) is 11.5 Å². The molecule has 0 amide bonds. The molecule has 9 nitrogen and oxygen atoms in total. The largest absolute Gasteiger partial charge is 0.383 e. The number of aromatic amines is 1. The van der Waals surface area contributed by atoms with Crippen molar-refractivity contribution in [1.29, 1.82) is 0 Å². The van der Waals surface area contributed by atoms with E-state index < -0.39 is 10.0 Å². The average molecular weight is 299 g/mol. The summed E-state index contributed by atoms with van der Waals surface area (Å²) in [5.74, 6) is 0.198. The highest BCUT2D eigenvalue weighted by Crippen LogP contribution is 2.16. The highest BCUT2D eigenvalue weighted by molar-refractivity contribution is 7.89. The number of nitrogens with two attached hydrogens (primary N) is 1. The number of ether oxygens (including phenoxy) is 1. The number of hydrogen-bond donors (Lipinski definition) is 2. The summed E-state index contributed by atoms with van der Waals surface area (Å²) in [7, 11) is -2.54. The van der Waals surface area contributed by atoms with E-state index >= 15 is 0 Å². The molecule has 3 N–H and O–H groups in total. The molecule has 0 radical (unpaired) electrons. The maximum Gasteiger partial charge on any atom is 0.273 e. The first-order valence-electron chi connectivity index (χ1n) is 5.58. The lowest BCUT2D eigenvalue weighted by molar-refractivity contribution is 0.185. The third kappa shape index (κ3) is 2.92. The number of aromatic nitrogens is 4. The Bertz CT molecular complexity index is 764. The first-order chi connectivity index (χ1) is 9.43. The molecule has 0 unspecified atom stereocenters. The van der Waals surface area contributed by atoms with Crippen molar-refractivity contribution in [1.82, 2.24) is 19.7 Å². The summed E-state index contributed by atoms with van der Waals surface area (Å²) in [6, 6.07) is 4.45. The maximum atomic E-state index is 11.5. The second kappa shape index (κ2) is 5.53. The Kier molecular flexibility index (Phi) is 3.97. The van der Waals surface area contributed by atoms with Crippen molar-refractivity contribution in [3.05, 3.63) is 28.6 Å². The van der Waals surface area contributed by atoms with Gasteiger partial charge in [-0.15, -0.1) is 10.2 Å². The van der Waals surface area contributed by atoms with E-state index in [1.807, 2.05) is 0 Å². The van der Waals surface area contributed by atoms with E-state index in [0.29, 0.717) is 5.69 Å². The molecule has 0 spiro atoms. The molecule has 0 saturated heterocycles. The zero-order valence-electron chi connectivity index (χ0n) is 10.6. The molecule has 2 aromatic rings. The van der Waals surface area contributed by atoms with Crippen molar-refractivity contribution >= 4 is 10.0 Å². The normalized spacial score (nSPS) is 11.7. The van der Waals surface area contributed by atoms with Crippen LogP contribution >= 0.6 is 0 Å². The van der Waals surface area contributed by atoms with Crippen LogP contribution in [-0.4, -0.2) is 41.9 Å². The summed E-state index contributed by atoms with van der Waals surface area (Å²) in [5.41, 5.74) is 0.0111. The fourth-order valence-corrected chi connectivity index (χ4v) is 2.30. The van der Waals surface area contributed by atoms with E-state index in [2.05, 4.69) is 15.2 Å². The van der Waals surface area contributed by atoms with Gasteiger partial charge in [0.25, 0.3) is 15.2 Å². The number of hydrogen-bond acceptors (Lipinski definition) is 6. The Labute approximate surface area is 114 Å². The number of H-pyrrole nitrogens is 1. The Balaban J connectivity index is 2.59. The van der Waals surface area contributed by atoms with E-state index in [4.69, 9.17) is 9.88 Å². The Morgan fingerprint density at radius 3 is 2.75 bits per heavy atom. The van der Waals surface area contributed by atoms with Crippen LogP contribution in [0.15, 0.2) is 28.2 Å². The molecule has 0 aliphatic heterocycles. The molecule has 0 aromatic carbocycles. The van der Waals surface area contributed by atoms with Gasteiger partial charge in [-0.3, -0.25) is 9.36 Å². The summed E-state index contributed by atoms with van der Waals surface area (Å²) in [5, 5.41) is 12.1. The third-order valence-electron chi connectivity index (χ3n) is 2.50. The van der Waals surface area contributed by atoms with Gasteiger partial charge in [0, 0.05) is 13.2 Å². The third-order valence-corrected chi connectivity index (χ3v) is 3.31. The summed E-state index contributed by atoms with van der Waals surface area (Å²) in [6.45, 7) is 0.423. The highest BCUT2D eigenvalue weighted by atomic mass is 32.2. The van der Waals surface area contributed by atoms with Crippen LogP contribution in [0.5, 0.6) is 0 Å². The van der Waals surface area contributed by atoms with Gasteiger partial charge in [0.1, 0.15) is 0 Å². The summed E-state index contributed by atoms with van der Waals surface area (Å²) in [6.07, 6.45) is 0. The van der Waals surface area contributed by atoms with Crippen LogP contribution in [0, 0.1) is 0 Å². The van der Waals surface area contributed by atoms with Crippen LogP contribution in [0.2, 0.25) is 0 Å². The van der Waals surface area contributed by atoms with Gasteiger partial charge in [0.05, 0.1) is 18.8 Å². The van der Waals surface area contributed by atoms with Crippen LogP contribution in [0.3, 0.4) is 0 Å². The van der Waals surface area contributed by atoms with Crippen LogP contribution < -0.4 is 10.7 Å². The van der Waals surface area contributed by atoms with Gasteiger partial charge in [0.2, 0.25) is 5.56 Å². The SMILES string of the molecule is COCCn1c(-c2cccc(=O)[nH]2)nnc1S(N)(=O)=O. The lowest BCUT2D eigenvalue weighted by Gasteiger charge is -2.08. The molecule has 2 aromatic heterocycles. The van der Waals surface area contributed by atoms with Gasteiger partial charge >= 0.3 is 0 Å². The zero-order chi connectivity index (χ0) is 14.8. The molecule has 2 rings (SSSR count). The number of sulfonamides is 1. The van der Waals surface area contributed by atoms with Crippen molar-refractivity contribution in [2.45, 2.75) is 11.7 Å². The number of primary sulfonamides is 1. The van der Waals surface area contributed by atoms with Crippen LogP contribution in [-0.2, 0) is 21.3 Å². The van der Waals surface area contributed by atoms with Gasteiger partial charge < -0.3 is 9.72 Å².